The normalized spacial score (nSPS) is 15.5. The Balaban J connectivity index is 1.48. The summed E-state index contributed by atoms with van der Waals surface area (Å²) in [5, 5.41) is 3.05. The zero-order chi connectivity index (χ0) is 17.9. The van der Waals surface area contributed by atoms with Gasteiger partial charge in [-0.3, -0.25) is 4.79 Å². The lowest BCUT2D eigenvalue weighted by atomic mass is 10.0. The Morgan fingerprint density at radius 1 is 1.27 bits per heavy atom. The van der Waals surface area contributed by atoms with Gasteiger partial charge >= 0.3 is 0 Å². The van der Waals surface area contributed by atoms with E-state index in [1.165, 1.54) is 5.56 Å². The summed E-state index contributed by atoms with van der Waals surface area (Å²) in [4.78, 5) is 17.2. The van der Waals surface area contributed by atoms with Crippen molar-refractivity contribution < 1.29 is 9.53 Å². The number of amides is 1. The minimum absolute atomic E-state index is 0.0413. The molecule has 0 aliphatic heterocycles. The van der Waals surface area contributed by atoms with Crippen LogP contribution >= 0.6 is 0 Å². The van der Waals surface area contributed by atoms with Crippen LogP contribution in [0.5, 0.6) is 5.75 Å². The van der Waals surface area contributed by atoms with Crippen LogP contribution in [-0.2, 0) is 17.8 Å². The van der Waals surface area contributed by atoms with Crippen molar-refractivity contribution >= 4 is 5.91 Å². The van der Waals surface area contributed by atoms with Crippen molar-refractivity contribution in [2.45, 2.75) is 25.3 Å². The number of carbonyl (C=O) groups excluding carboxylic acids is 1. The standard InChI is InChI=1S/C21H21N3O2/c1-26-17-9-7-15-8-10-18(19(15)13-17)21(25)23-14-20-22-11-12-24(20)16-5-3-2-4-6-16/h2-7,9,11-13,18H,8,10,14H2,1H3,(H,23,25)/t18-/m1/s1. The van der Waals surface area contributed by atoms with Crippen LogP contribution in [-0.4, -0.2) is 22.6 Å². The summed E-state index contributed by atoms with van der Waals surface area (Å²) in [7, 11) is 1.65. The first-order chi connectivity index (χ1) is 12.8. The molecule has 5 nitrogen and oxygen atoms in total. The van der Waals surface area contributed by atoms with E-state index >= 15 is 0 Å². The fourth-order valence-electron chi connectivity index (χ4n) is 3.56. The van der Waals surface area contributed by atoms with E-state index in [0.717, 1.165) is 35.7 Å². The van der Waals surface area contributed by atoms with Gasteiger partial charge in [0.15, 0.2) is 0 Å². The van der Waals surface area contributed by atoms with E-state index in [0.29, 0.717) is 6.54 Å². The van der Waals surface area contributed by atoms with E-state index < -0.39 is 0 Å². The fraction of sp³-hybridized carbons (Fsp3) is 0.238. The van der Waals surface area contributed by atoms with Gasteiger partial charge < -0.3 is 14.6 Å². The third-order valence-electron chi connectivity index (χ3n) is 4.92. The molecule has 1 aliphatic rings. The number of rotatable bonds is 5. The smallest absolute Gasteiger partial charge is 0.227 e. The Morgan fingerprint density at radius 2 is 2.12 bits per heavy atom. The average molecular weight is 347 g/mol. The Labute approximate surface area is 152 Å². The summed E-state index contributed by atoms with van der Waals surface area (Å²) < 4.78 is 7.30. The molecule has 2 aromatic carbocycles. The molecule has 0 spiro atoms. The quantitative estimate of drug-likeness (QED) is 0.771. The maximum atomic E-state index is 12.8. The van der Waals surface area contributed by atoms with E-state index in [1.807, 2.05) is 53.2 Å². The number of ether oxygens (including phenoxy) is 1. The van der Waals surface area contributed by atoms with Crippen LogP contribution in [0.2, 0.25) is 0 Å². The summed E-state index contributed by atoms with van der Waals surface area (Å²) in [6.07, 6.45) is 5.42. The molecule has 0 radical (unpaired) electrons. The average Bonchev–Trinajstić information content (AvgIpc) is 3.33. The molecule has 5 heteroatoms. The first kappa shape index (κ1) is 16.4. The minimum Gasteiger partial charge on any atom is -0.497 e. The number of hydrogen-bond donors (Lipinski definition) is 1. The highest BCUT2D eigenvalue weighted by molar-refractivity contribution is 5.85. The molecule has 0 unspecified atom stereocenters. The lowest BCUT2D eigenvalue weighted by Crippen LogP contribution is -2.29. The van der Waals surface area contributed by atoms with Crippen molar-refractivity contribution in [3.63, 3.8) is 0 Å². The van der Waals surface area contributed by atoms with Gasteiger partial charge in [0.1, 0.15) is 11.6 Å². The van der Waals surface area contributed by atoms with Crippen LogP contribution < -0.4 is 10.1 Å². The number of para-hydroxylation sites is 1. The van der Waals surface area contributed by atoms with Crippen LogP contribution in [0.25, 0.3) is 5.69 Å². The van der Waals surface area contributed by atoms with Crippen LogP contribution in [0.1, 0.15) is 29.3 Å². The molecular formula is C21H21N3O2. The van der Waals surface area contributed by atoms with Gasteiger partial charge in [-0.15, -0.1) is 0 Å². The number of hydrogen-bond acceptors (Lipinski definition) is 3. The molecule has 1 heterocycles. The number of nitrogens with one attached hydrogen (secondary N) is 1. The second-order valence-electron chi connectivity index (χ2n) is 6.42. The van der Waals surface area contributed by atoms with E-state index in [-0.39, 0.29) is 11.8 Å². The number of nitrogens with zero attached hydrogens (tertiary/aromatic N) is 2. The molecule has 1 atom stereocenters. The minimum atomic E-state index is -0.125. The lowest BCUT2D eigenvalue weighted by molar-refractivity contribution is -0.122. The molecule has 0 bridgehead atoms. The second kappa shape index (κ2) is 7.04. The molecule has 1 amide bonds. The highest BCUT2D eigenvalue weighted by Crippen LogP contribution is 2.35. The van der Waals surface area contributed by atoms with Crippen LogP contribution in [0, 0.1) is 0 Å². The third-order valence-corrected chi connectivity index (χ3v) is 4.92. The predicted octanol–water partition coefficient (Wildman–Crippen LogP) is 3.23. The molecule has 132 valence electrons. The third kappa shape index (κ3) is 3.08. The zero-order valence-corrected chi connectivity index (χ0v) is 14.7. The largest absolute Gasteiger partial charge is 0.497 e. The highest BCUT2D eigenvalue weighted by atomic mass is 16.5. The van der Waals surface area contributed by atoms with Crippen molar-refractivity contribution in [2.75, 3.05) is 7.11 Å². The van der Waals surface area contributed by atoms with E-state index in [1.54, 1.807) is 13.3 Å². The number of aryl methyl sites for hydroxylation is 1. The van der Waals surface area contributed by atoms with Gasteiger partial charge in [-0.05, 0) is 48.2 Å². The van der Waals surface area contributed by atoms with Gasteiger partial charge in [0.05, 0.1) is 19.6 Å². The van der Waals surface area contributed by atoms with Crippen molar-refractivity contribution in [3.05, 3.63) is 77.9 Å². The molecular weight excluding hydrogens is 326 g/mol. The first-order valence-corrected chi connectivity index (χ1v) is 8.78. The Kier molecular flexibility index (Phi) is 4.44. The van der Waals surface area contributed by atoms with Gasteiger partial charge in [-0.25, -0.2) is 4.98 Å². The van der Waals surface area contributed by atoms with Crippen molar-refractivity contribution in [3.8, 4) is 11.4 Å². The molecule has 0 saturated heterocycles. The van der Waals surface area contributed by atoms with Gasteiger partial charge in [0.25, 0.3) is 0 Å². The first-order valence-electron chi connectivity index (χ1n) is 8.78. The number of methoxy groups -OCH3 is 1. The summed E-state index contributed by atoms with van der Waals surface area (Å²) in [6.45, 7) is 0.399. The molecule has 1 aliphatic carbocycles. The van der Waals surface area contributed by atoms with Crippen LogP contribution in [0.4, 0.5) is 0 Å². The SMILES string of the molecule is COc1ccc2c(c1)[C@H](C(=O)NCc1nccn1-c1ccccc1)CC2. The molecule has 26 heavy (non-hydrogen) atoms. The summed E-state index contributed by atoms with van der Waals surface area (Å²) in [6, 6.07) is 16.0. The van der Waals surface area contributed by atoms with Crippen LogP contribution in [0.3, 0.4) is 0 Å². The zero-order valence-electron chi connectivity index (χ0n) is 14.7. The summed E-state index contributed by atoms with van der Waals surface area (Å²) >= 11 is 0. The summed E-state index contributed by atoms with van der Waals surface area (Å²) in [5.41, 5.74) is 3.34. The molecule has 4 rings (SSSR count). The number of benzene rings is 2. The molecule has 3 aromatic rings. The lowest BCUT2D eigenvalue weighted by Gasteiger charge is -2.14. The van der Waals surface area contributed by atoms with Gasteiger partial charge in [-0.2, -0.15) is 0 Å². The highest BCUT2D eigenvalue weighted by Gasteiger charge is 2.29. The number of carbonyl (C=O) groups is 1. The van der Waals surface area contributed by atoms with Gasteiger partial charge in [0.2, 0.25) is 5.91 Å². The van der Waals surface area contributed by atoms with E-state index in [4.69, 9.17) is 4.74 Å². The molecule has 1 aromatic heterocycles. The Bertz CT molecular complexity index is 918. The monoisotopic (exact) mass is 347 g/mol. The van der Waals surface area contributed by atoms with E-state index in [9.17, 15) is 4.79 Å². The second-order valence-corrected chi connectivity index (χ2v) is 6.42. The van der Waals surface area contributed by atoms with Gasteiger partial charge in [0, 0.05) is 18.1 Å². The maximum Gasteiger partial charge on any atom is 0.227 e. The number of fused-ring (bicyclic) bond motifs is 1. The van der Waals surface area contributed by atoms with E-state index in [2.05, 4.69) is 16.4 Å². The number of imidazole rings is 1. The van der Waals surface area contributed by atoms with Gasteiger partial charge in [-0.1, -0.05) is 24.3 Å². The van der Waals surface area contributed by atoms with Crippen molar-refractivity contribution in [1.82, 2.24) is 14.9 Å². The topological polar surface area (TPSA) is 56.1 Å². The molecule has 1 N–H and O–H groups in total. The number of aromatic nitrogens is 2. The fourth-order valence-corrected chi connectivity index (χ4v) is 3.56. The summed E-state index contributed by atoms with van der Waals surface area (Å²) in [5.74, 6) is 1.52. The van der Waals surface area contributed by atoms with Crippen molar-refractivity contribution in [2.24, 2.45) is 0 Å². The molecule has 0 saturated carbocycles. The Hall–Kier alpha value is -3.08. The Morgan fingerprint density at radius 3 is 2.92 bits per heavy atom. The predicted molar refractivity (Wildman–Crippen MR) is 99.5 cm³/mol. The van der Waals surface area contributed by atoms with Crippen LogP contribution in [0.15, 0.2) is 60.9 Å². The van der Waals surface area contributed by atoms with Crippen molar-refractivity contribution in [1.29, 1.82) is 0 Å². The maximum absolute atomic E-state index is 12.8. The molecule has 0 fully saturated rings.